The van der Waals surface area contributed by atoms with Gasteiger partial charge in [-0.1, -0.05) is 15.9 Å². The molecule has 0 spiro atoms. The molecule has 5 N–H and O–H groups in total. The average molecular weight is 624 g/mol. The summed E-state index contributed by atoms with van der Waals surface area (Å²) in [6, 6.07) is 6.76. The average Bonchev–Trinajstić information content (AvgIpc) is 3.25. The molecule has 1 amide bonds. The van der Waals surface area contributed by atoms with E-state index in [-0.39, 0.29) is 13.1 Å². The molecule has 0 aliphatic carbocycles. The van der Waals surface area contributed by atoms with E-state index in [1.54, 1.807) is 52.2 Å². The lowest BCUT2D eigenvalue weighted by Gasteiger charge is -2.22. The smallest absolute Gasteiger partial charge is 0.425 e. The monoisotopic (exact) mass is 622 g/mol. The van der Waals surface area contributed by atoms with Gasteiger partial charge >= 0.3 is 26.5 Å². The summed E-state index contributed by atoms with van der Waals surface area (Å²) in [5.74, 6) is 0.858. The van der Waals surface area contributed by atoms with Gasteiger partial charge < -0.3 is 16.2 Å². The quantitative estimate of drug-likeness (QED) is 0.415. The molecule has 2 aromatic heterocycles. The third-order valence-corrected chi connectivity index (χ3v) is 8.47. The first-order valence-corrected chi connectivity index (χ1v) is 14.5. The molecule has 206 valence electrons. The highest BCUT2D eigenvalue weighted by atomic mass is 79.9. The van der Waals surface area contributed by atoms with E-state index in [9.17, 15) is 21.6 Å². The first kappa shape index (κ1) is 30.5. The largest absolute Gasteiger partial charge is 0.443 e. The molecule has 2 aromatic rings. The van der Waals surface area contributed by atoms with Gasteiger partial charge in [0.25, 0.3) is 0 Å². The van der Waals surface area contributed by atoms with Gasteiger partial charge in [0.2, 0.25) is 0 Å². The normalized spacial score (nSPS) is 18.3. The number of amides is 1. The molecule has 4 heterocycles. The van der Waals surface area contributed by atoms with Crippen LogP contribution in [0.1, 0.15) is 20.8 Å². The van der Waals surface area contributed by atoms with Gasteiger partial charge in [-0.15, -0.1) is 0 Å². The van der Waals surface area contributed by atoms with Gasteiger partial charge in [0, 0.05) is 49.6 Å². The highest BCUT2D eigenvalue weighted by molar-refractivity contribution is 9.10. The van der Waals surface area contributed by atoms with Crippen LogP contribution in [0.2, 0.25) is 0 Å². The second-order valence-corrected chi connectivity index (χ2v) is 13.2. The number of aromatic nitrogens is 2. The van der Waals surface area contributed by atoms with Crippen LogP contribution in [0.15, 0.2) is 41.1 Å². The Hall–Kier alpha value is -2.73. The van der Waals surface area contributed by atoms with Crippen molar-refractivity contribution in [1.29, 1.82) is 0 Å². The highest BCUT2D eigenvalue weighted by Gasteiger charge is 2.35. The number of carbonyl (C=O) groups excluding carboxylic acids is 1. The molecular formula is C20H31BrN8O6S2. The molecule has 0 atom stereocenters. The topological polar surface area (TPSA) is 194 Å². The molecule has 0 bridgehead atoms. The van der Waals surface area contributed by atoms with Gasteiger partial charge in [0.15, 0.2) is 0 Å². The molecule has 2 aliphatic rings. The summed E-state index contributed by atoms with van der Waals surface area (Å²) < 4.78 is 57.4. The summed E-state index contributed by atoms with van der Waals surface area (Å²) in [5.41, 5.74) is 10.7. The number of hydrogen-bond acceptors (Lipinski definition) is 10. The minimum Gasteiger partial charge on any atom is -0.443 e. The van der Waals surface area contributed by atoms with E-state index in [0.29, 0.717) is 34.7 Å². The van der Waals surface area contributed by atoms with Crippen LogP contribution in [0.4, 0.5) is 22.1 Å². The van der Waals surface area contributed by atoms with Gasteiger partial charge in [-0.25, -0.2) is 14.8 Å². The lowest BCUT2D eigenvalue weighted by molar-refractivity contribution is 0.0405. The van der Waals surface area contributed by atoms with Gasteiger partial charge in [0.1, 0.15) is 17.2 Å². The standard InChI is InChI=1S/C8H12N4O2S.C7H14N2O4S.C5H5BrN2/c1-11-4-5-12(15(11,13)14)7-2-3-10-8(9)6-7;1-7(2,3)13-6(10)9-5-4-8-14(9,11)12;6-4-1-2-8-5(7)3-4/h2-3,6H,4-5H2,1H3,(H2,9,10);8H,4-5H2,1-3H3;1-3H,(H2,7,8). The maximum absolute atomic E-state index is 11.8. The molecule has 0 unspecified atom stereocenters. The van der Waals surface area contributed by atoms with Crippen molar-refractivity contribution in [2.24, 2.45) is 0 Å². The van der Waals surface area contributed by atoms with Crippen LogP contribution in [-0.2, 0) is 25.2 Å². The van der Waals surface area contributed by atoms with E-state index < -0.39 is 32.1 Å². The number of nitrogens with one attached hydrogen (secondary N) is 1. The van der Waals surface area contributed by atoms with Crippen LogP contribution in [0, 0.1) is 0 Å². The van der Waals surface area contributed by atoms with Crippen LogP contribution < -0.4 is 20.5 Å². The van der Waals surface area contributed by atoms with Crippen molar-refractivity contribution >= 4 is 59.8 Å². The molecule has 17 heteroatoms. The number of nitrogen functional groups attached to an aromatic ring is 2. The van der Waals surface area contributed by atoms with Crippen molar-refractivity contribution in [2.45, 2.75) is 26.4 Å². The van der Waals surface area contributed by atoms with Crippen molar-refractivity contribution in [3.63, 3.8) is 0 Å². The summed E-state index contributed by atoms with van der Waals surface area (Å²) >= 11 is 3.24. The number of pyridine rings is 2. The third kappa shape index (κ3) is 8.96. The van der Waals surface area contributed by atoms with E-state index in [4.69, 9.17) is 16.2 Å². The van der Waals surface area contributed by atoms with Crippen LogP contribution in [0.5, 0.6) is 0 Å². The molecule has 4 rings (SSSR count). The molecule has 0 saturated carbocycles. The van der Waals surface area contributed by atoms with Gasteiger partial charge in [-0.05, 0) is 39.0 Å². The first-order chi connectivity index (χ1) is 17.0. The number of anilines is 3. The minimum atomic E-state index is -3.65. The van der Waals surface area contributed by atoms with E-state index in [1.165, 1.54) is 14.8 Å². The fourth-order valence-electron chi connectivity index (χ4n) is 2.88. The Kier molecular flexibility index (Phi) is 10.1. The number of hydrogen-bond donors (Lipinski definition) is 3. The molecule has 2 saturated heterocycles. The van der Waals surface area contributed by atoms with Gasteiger partial charge in [-0.2, -0.15) is 30.2 Å². The predicted molar refractivity (Wildman–Crippen MR) is 144 cm³/mol. The van der Waals surface area contributed by atoms with Gasteiger partial charge in [0.05, 0.1) is 12.2 Å². The van der Waals surface area contributed by atoms with Crippen molar-refractivity contribution < 1.29 is 26.4 Å². The fraction of sp³-hybridized carbons (Fsp3) is 0.450. The van der Waals surface area contributed by atoms with E-state index in [1.807, 2.05) is 6.07 Å². The number of halogens is 1. The number of ether oxygens (including phenoxy) is 1. The minimum absolute atomic E-state index is 0.122. The maximum atomic E-state index is 11.8. The second kappa shape index (κ2) is 12.2. The summed E-state index contributed by atoms with van der Waals surface area (Å²) in [7, 11) is -5.45. The zero-order valence-corrected chi connectivity index (χ0v) is 24.0. The Morgan fingerprint density at radius 2 is 1.62 bits per heavy atom. The Morgan fingerprint density at radius 3 is 2.03 bits per heavy atom. The lowest BCUT2D eigenvalue weighted by Crippen LogP contribution is -2.39. The zero-order valence-electron chi connectivity index (χ0n) is 20.8. The number of likely N-dealkylation sites (N-methyl/N-ethyl adjacent to an activating group) is 1. The fourth-order valence-corrected chi connectivity index (χ4v) is 5.65. The summed E-state index contributed by atoms with van der Waals surface area (Å²) in [5, 5.41) is 0. The molecule has 14 nitrogen and oxygen atoms in total. The van der Waals surface area contributed by atoms with Gasteiger partial charge in [-0.3, -0.25) is 4.31 Å². The Balaban J connectivity index is 0.000000204. The Labute approximate surface area is 225 Å². The number of nitrogens with two attached hydrogens (primary N) is 2. The number of nitrogens with zero attached hydrogens (tertiary/aromatic N) is 5. The molecular weight excluding hydrogens is 592 g/mol. The van der Waals surface area contributed by atoms with Crippen LogP contribution >= 0.6 is 15.9 Å². The van der Waals surface area contributed by atoms with Crippen molar-refractivity contribution in [3.05, 3.63) is 41.1 Å². The van der Waals surface area contributed by atoms with Crippen molar-refractivity contribution in [2.75, 3.05) is 49.0 Å². The van der Waals surface area contributed by atoms with Crippen molar-refractivity contribution in [1.82, 2.24) is 23.3 Å². The molecule has 0 radical (unpaired) electrons. The predicted octanol–water partition coefficient (Wildman–Crippen LogP) is 1.16. The molecule has 2 fully saturated rings. The maximum Gasteiger partial charge on any atom is 0.425 e. The second-order valence-electron chi connectivity index (χ2n) is 8.69. The molecule has 37 heavy (non-hydrogen) atoms. The Morgan fingerprint density at radius 1 is 1.03 bits per heavy atom. The third-order valence-electron chi connectivity index (χ3n) is 4.57. The van der Waals surface area contributed by atoms with E-state index in [0.717, 1.165) is 4.47 Å². The molecule has 2 aliphatic heterocycles. The van der Waals surface area contributed by atoms with E-state index in [2.05, 4.69) is 30.6 Å². The Bertz CT molecular complexity index is 1290. The number of rotatable bonds is 1. The zero-order chi connectivity index (χ0) is 28.0. The van der Waals surface area contributed by atoms with Crippen LogP contribution in [0.3, 0.4) is 0 Å². The van der Waals surface area contributed by atoms with E-state index >= 15 is 0 Å². The van der Waals surface area contributed by atoms with Crippen LogP contribution in [0.25, 0.3) is 0 Å². The van der Waals surface area contributed by atoms with Crippen LogP contribution in [-0.4, -0.2) is 80.3 Å². The van der Waals surface area contributed by atoms with Crippen molar-refractivity contribution in [3.8, 4) is 0 Å². The number of carbonyl (C=O) groups is 1. The highest BCUT2D eigenvalue weighted by Crippen LogP contribution is 2.24. The summed E-state index contributed by atoms with van der Waals surface area (Å²) in [6.07, 6.45) is 2.32. The first-order valence-electron chi connectivity index (χ1n) is 10.9. The summed E-state index contributed by atoms with van der Waals surface area (Å²) in [6.45, 7) is 6.34. The summed E-state index contributed by atoms with van der Waals surface area (Å²) in [4.78, 5) is 19.0. The lowest BCUT2D eigenvalue weighted by atomic mass is 10.2. The molecule has 0 aromatic carbocycles. The SMILES string of the molecule is CC(C)(C)OC(=O)N1CCNS1(=O)=O.CN1CCN(c2ccnc(N)c2)S1(=O)=O.Nc1cc(Br)ccn1.